The fraction of sp³-hybridized carbons (Fsp3) is 0.0164. The number of hydrogen-bond donors (Lipinski definition) is 0. The molecule has 290 valence electrons. The highest BCUT2D eigenvalue weighted by atomic mass is 15.1. The van der Waals surface area contributed by atoms with E-state index in [0.717, 1.165) is 76.9 Å². The molecule has 62 heavy (non-hydrogen) atoms. The zero-order valence-electron chi connectivity index (χ0n) is 37.8. The molecular weight excluding hydrogens is 747 g/mol. The van der Waals surface area contributed by atoms with Crippen molar-refractivity contribution in [3.05, 3.63) is 271 Å². The van der Waals surface area contributed by atoms with E-state index in [4.69, 9.17) is 0 Å². The Morgan fingerprint density at radius 1 is 0.306 bits per heavy atom. The van der Waals surface area contributed by atoms with Crippen LogP contribution in [0.4, 0.5) is 17.1 Å². The first-order chi connectivity index (χ1) is 32.4. The van der Waals surface area contributed by atoms with Crippen molar-refractivity contribution < 1.29 is 5.48 Å². The topological polar surface area (TPSA) is 3.24 Å². The van der Waals surface area contributed by atoms with Crippen molar-refractivity contribution >= 4 is 49.4 Å². The maximum Gasteiger partial charge on any atom is 0.0714 e. The van der Waals surface area contributed by atoms with Crippen LogP contribution in [0.2, 0.25) is 0 Å². The highest BCUT2D eigenvalue weighted by molar-refractivity contribution is 6.08. The van der Waals surface area contributed by atoms with E-state index in [1.54, 1.807) is 0 Å². The lowest BCUT2D eigenvalue weighted by Gasteiger charge is -2.35. The van der Waals surface area contributed by atoms with Gasteiger partial charge in [0.05, 0.1) is 10.9 Å². The zero-order valence-corrected chi connectivity index (χ0v) is 33.8. The maximum atomic E-state index is 9.92. The maximum absolute atomic E-state index is 9.92. The van der Waals surface area contributed by atoms with Crippen LogP contribution in [0.5, 0.6) is 0 Å². The van der Waals surface area contributed by atoms with E-state index in [1.165, 1.54) is 5.56 Å². The van der Waals surface area contributed by atoms with E-state index in [1.807, 2.05) is 53.4 Å². The first-order valence-corrected chi connectivity index (χ1v) is 21.2. The molecule has 0 saturated carbocycles. The molecule has 1 aliphatic rings. The minimum Gasteiger partial charge on any atom is -0.310 e. The molecule has 0 heterocycles. The van der Waals surface area contributed by atoms with Crippen molar-refractivity contribution in [1.29, 1.82) is 0 Å². The Kier molecular flexibility index (Phi) is 7.51. The normalized spacial score (nSPS) is 13.5. The summed E-state index contributed by atoms with van der Waals surface area (Å²) in [4.78, 5) is 1.94. The Bertz CT molecular complexity index is 3640. The first-order valence-electron chi connectivity index (χ1n) is 23.2. The molecule has 11 aromatic carbocycles. The van der Waals surface area contributed by atoms with Crippen molar-refractivity contribution in [2.45, 2.75) is 5.41 Å². The van der Waals surface area contributed by atoms with Gasteiger partial charge in [0.2, 0.25) is 0 Å². The first kappa shape index (κ1) is 31.9. The van der Waals surface area contributed by atoms with Gasteiger partial charge < -0.3 is 4.90 Å². The zero-order chi connectivity index (χ0) is 44.5. The molecule has 1 nitrogen and oxygen atoms in total. The summed E-state index contributed by atoms with van der Waals surface area (Å²) in [6.07, 6.45) is 0. The van der Waals surface area contributed by atoms with Crippen molar-refractivity contribution in [3.8, 4) is 33.4 Å². The van der Waals surface area contributed by atoms with Gasteiger partial charge in [-0.3, -0.25) is 0 Å². The van der Waals surface area contributed by atoms with Gasteiger partial charge in [0.1, 0.15) is 0 Å². The lowest BCUT2D eigenvalue weighted by atomic mass is 9.67. The molecule has 0 saturated heterocycles. The largest absolute Gasteiger partial charge is 0.310 e. The van der Waals surface area contributed by atoms with Crippen LogP contribution in [0.15, 0.2) is 249 Å². The van der Waals surface area contributed by atoms with Gasteiger partial charge in [-0.05, 0) is 130 Å². The van der Waals surface area contributed by atoms with Crippen LogP contribution in [-0.4, -0.2) is 0 Å². The number of fused-ring (bicyclic) bond motifs is 7. The van der Waals surface area contributed by atoms with Gasteiger partial charge in [-0.2, -0.15) is 0 Å². The SMILES string of the molecule is [2H]c1c([2H])c(N(c2cccc(-c3cccc4ccccc34)c2)c2ccc3c(c2)C(c2ccccc2)(c2ccccc2)c2ccccc2-3)c([2H])c([2H])c1-c1ccc2c(ccc3ccccc32)c1. The van der Waals surface area contributed by atoms with Crippen LogP contribution in [0.3, 0.4) is 0 Å². The Morgan fingerprint density at radius 2 is 0.887 bits per heavy atom. The molecule has 0 spiro atoms. The Balaban J connectivity index is 1.11. The summed E-state index contributed by atoms with van der Waals surface area (Å²) in [5, 5.41) is 6.55. The number of rotatable bonds is 7. The predicted molar refractivity (Wildman–Crippen MR) is 262 cm³/mol. The second-order valence-electron chi connectivity index (χ2n) is 16.1. The number of anilines is 3. The van der Waals surface area contributed by atoms with Crippen molar-refractivity contribution in [2.75, 3.05) is 4.90 Å². The molecule has 0 atom stereocenters. The smallest absolute Gasteiger partial charge is 0.0714 e. The molecule has 0 unspecified atom stereocenters. The molecule has 0 N–H and O–H groups in total. The molecule has 0 aromatic heterocycles. The molecule has 0 radical (unpaired) electrons. The van der Waals surface area contributed by atoms with Gasteiger partial charge in [-0.25, -0.2) is 0 Å². The Hall–Kier alpha value is -8.00. The number of hydrogen-bond acceptors (Lipinski definition) is 1. The summed E-state index contributed by atoms with van der Waals surface area (Å²) in [6.45, 7) is 0. The fourth-order valence-corrected chi connectivity index (χ4v) is 10.00. The van der Waals surface area contributed by atoms with Gasteiger partial charge in [0, 0.05) is 17.1 Å². The quantitative estimate of drug-likeness (QED) is 0.145. The third-order valence-electron chi connectivity index (χ3n) is 12.8. The Labute approximate surface area is 368 Å². The molecule has 1 heteroatoms. The van der Waals surface area contributed by atoms with E-state index in [9.17, 15) is 5.48 Å². The van der Waals surface area contributed by atoms with Crippen LogP contribution in [0.25, 0.3) is 65.7 Å². The van der Waals surface area contributed by atoms with Crippen LogP contribution in [0, 0.1) is 0 Å². The van der Waals surface area contributed by atoms with Gasteiger partial charge in [-0.1, -0.05) is 206 Å². The summed E-state index contributed by atoms with van der Waals surface area (Å²) in [6, 6.07) is 77.2. The van der Waals surface area contributed by atoms with Crippen LogP contribution < -0.4 is 4.90 Å². The van der Waals surface area contributed by atoms with Crippen LogP contribution >= 0.6 is 0 Å². The Morgan fingerprint density at radius 3 is 1.68 bits per heavy atom. The van der Waals surface area contributed by atoms with E-state index in [2.05, 4.69) is 176 Å². The average molecular weight is 792 g/mol. The van der Waals surface area contributed by atoms with Crippen LogP contribution in [-0.2, 0) is 5.41 Å². The minimum atomic E-state index is -0.694. The molecule has 11 aromatic rings. The molecule has 1 aliphatic carbocycles. The van der Waals surface area contributed by atoms with Crippen molar-refractivity contribution in [1.82, 2.24) is 0 Å². The predicted octanol–water partition coefficient (Wildman–Crippen LogP) is 16.3. The lowest BCUT2D eigenvalue weighted by Crippen LogP contribution is -2.28. The monoisotopic (exact) mass is 791 g/mol. The highest BCUT2D eigenvalue weighted by Crippen LogP contribution is 2.57. The molecule has 0 aliphatic heterocycles. The average Bonchev–Trinajstić information content (AvgIpc) is 3.67. The molecule has 12 rings (SSSR count). The van der Waals surface area contributed by atoms with Gasteiger partial charge >= 0.3 is 0 Å². The molecule has 0 amide bonds. The number of nitrogens with zero attached hydrogens (tertiary/aromatic N) is 1. The summed E-state index contributed by atoms with van der Waals surface area (Å²) < 4.78 is 39.3. The van der Waals surface area contributed by atoms with Gasteiger partial charge in [0.15, 0.2) is 0 Å². The third kappa shape index (κ3) is 5.70. The third-order valence-corrected chi connectivity index (χ3v) is 12.8. The fourth-order valence-electron chi connectivity index (χ4n) is 10.00. The minimum absolute atomic E-state index is 0.0992. The van der Waals surface area contributed by atoms with E-state index in [-0.39, 0.29) is 35.4 Å². The molecular formula is C61H41N. The lowest BCUT2D eigenvalue weighted by molar-refractivity contribution is 0.768. The summed E-state index contributed by atoms with van der Waals surface area (Å²) in [7, 11) is 0. The molecule has 0 fully saturated rings. The van der Waals surface area contributed by atoms with Gasteiger partial charge in [0.25, 0.3) is 0 Å². The van der Waals surface area contributed by atoms with Crippen molar-refractivity contribution in [2.24, 2.45) is 0 Å². The second-order valence-corrected chi connectivity index (χ2v) is 16.1. The molecule has 0 bridgehead atoms. The van der Waals surface area contributed by atoms with E-state index in [0.29, 0.717) is 11.3 Å². The highest BCUT2D eigenvalue weighted by Gasteiger charge is 2.46. The van der Waals surface area contributed by atoms with Crippen LogP contribution in [0.1, 0.15) is 27.7 Å². The van der Waals surface area contributed by atoms with E-state index >= 15 is 0 Å². The number of benzene rings is 11. The standard InChI is InChI=1S/C61H41N/c1-3-19-48(20-4-1)61(49-21-5-2-6-22-49)59-28-12-11-26-57(59)58-38-36-52(41-60(58)61)62(51-23-13-18-46(40-51)55-27-14-17-43-15-7-9-24-53(43)55)50-34-31-42(32-35-50)45-33-37-56-47(39-45)30-29-44-16-8-10-25-54(44)56/h1-41H/i31D,32D,34D,35D. The van der Waals surface area contributed by atoms with Gasteiger partial charge in [-0.15, -0.1) is 0 Å². The second kappa shape index (κ2) is 14.6. The van der Waals surface area contributed by atoms with E-state index < -0.39 is 5.41 Å². The summed E-state index contributed by atoms with van der Waals surface area (Å²) in [5.74, 6) is 0. The summed E-state index contributed by atoms with van der Waals surface area (Å²) in [5.41, 5.74) is 10.6. The van der Waals surface area contributed by atoms with Crippen molar-refractivity contribution in [3.63, 3.8) is 0 Å². The summed E-state index contributed by atoms with van der Waals surface area (Å²) >= 11 is 0.